The number of para-hydroxylation sites is 1. The Balaban J connectivity index is 1.08. The van der Waals surface area contributed by atoms with Gasteiger partial charge in [0, 0.05) is 27.5 Å². The summed E-state index contributed by atoms with van der Waals surface area (Å²) >= 11 is 0. The maximum atomic E-state index is 6.62. The summed E-state index contributed by atoms with van der Waals surface area (Å²) in [5.74, 6) is 1.53. The molecule has 0 radical (unpaired) electrons. The molecule has 0 fully saturated rings. The lowest BCUT2D eigenvalue weighted by molar-refractivity contribution is 0.670. The summed E-state index contributed by atoms with van der Waals surface area (Å²) in [7, 11) is 0. The van der Waals surface area contributed by atoms with E-state index >= 15 is 0 Å². The van der Waals surface area contributed by atoms with Gasteiger partial charge in [-0.15, -0.1) is 0 Å². The summed E-state index contributed by atoms with van der Waals surface area (Å²) in [5, 5.41) is 8.10. The first kappa shape index (κ1) is 30.8. The number of nitrogens with one attached hydrogen (secondary N) is 1. The molecule has 0 saturated heterocycles. The van der Waals surface area contributed by atoms with Crippen LogP contribution in [0.1, 0.15) is 22.9 Å². The van der Waals surface area contributed by atoms with E-state index in [4.69, 9.17) is 14.4 Å². The lowest BCUT2D eigenvalue weighted by Crippen LogP contribution is -2.36. The highest BCUT2D eigenvalue weighted by Gasteiger charge is 2.25. The second-order valence-corrected chi connectivity index (χ2v) is 13.4. The minimum absolute atomic E-state index is 0.454. The average Bonchev–Trinajstić information content (AvgIpc) is 3.64. The van der Waals surface area contributed by atoms with Gasteiger partial charge in [0.15, 0.2) is 6.17 Å². The molecule has 1 aliphatic rings. The van der Waals surface area contributed by atoms with Crippen LogP contribution in [0.4, 0.5) is 0 Å². The number of amidine groups is 2. The highest BCUT2D eigenvalue weighted by atomic mass is 16.3. The van der Waals surface area contributed by atoms with Crippen LogP contribution in [-0.4, -0.2) is 11.7 Å². The van der Waals surface area contributed by atoms with Gasteiger partial charge in [0.1, 0.15) is 22.8 Å². The van der Waals surface area contributed by atoms with Crippen molar-refractivity contribution in [3.63, 3.8) is 0 Å². The highest BCUT2D eigenvalue weighted by Crippen LogP contribution is 2.39. The molecule has 0 saturated carbocycles. The van der Waals surface area contributed by atoms with Gasteiger partial charge in [0.05, 0.1) is 0 Å². The van der Waals surface area contributed by atoms with Crippen LogP contribution in [0.3, 0.4) is 0 Å². The SMILES string of the molecule is c1ccc(-c2ccc(-c3ccc(C4N=C(c5ccc6ccccc6c5)NC(c5ccc(-c6ccccc6)c6oc7ccccc7c56)=N4)cc3)cc2)cc1. The van der Waals surface area contributed by atoms with Crippen molar-refractivity contribution in [2.24, 2.45) is 9.98 Å². The molecule has 1 aliphatic heterocycles. The minimum atomic E-state index is -0.454. The average molecular weight is 680 g/mol. The molecule has 9 aromatic rings. The van der Waals surface area contributed by atoms with Crippen molar-refractivity contribution in [3.8, 4) is 33.4 Å². The highest BCUT2D eigenvalue weighted by molar-refractivity contribution is 6.25. The van der Waals surface area contributed by atoms with Gasteiger partial charge in [-0.05, 0) is 68.4 Å². The van der Waals surface area contributed by atoms with Gasteiger partial charge >= 0.3 is 0 Å². The third-order valence-corrected chi connectivity index (χ3v) is 10.2. The Labute approximate surface area is 307 Å². The molecule has 0 aliphatic carbocycles. The quantitative estimate of drug-likeness (QED) is 0.190. The molecule has 2 heterocycles. The molecule has 10 rings (SSSR count). The number of hydrogen-bond donors (Lipinski definition) is 1. The molecule has 250 valence electrons. The van der Waals surface area contributed by atoms with Gasteiger partial charge < -0.3 is 9.73 Å². The predicted octanol–water partition coefficient (Wildman–Crippen LogP) is 12.2. The first-order valence-corrected chi connectivity index (χ1v) is 17.9. The third-order valence-electron chi connectivity index (χ3n) is 10.2. The maximum absolute atomic E-state index is 6.62. The summed E-state index contributed by atoms with van der Waals surface area (Å²) in [6.07, 6.45) is -0.454. The number of benzene rings is 8. The molecular formula is C49H33N3O. The molecule has 4 heteroatoms. The van der Waals surface area contributed by atoms with E-state index in [1.807, 2.05) is 24.3 Å². The molecule has 0 spiro atoms. The Morgan fingerprint density at radius 3 is 1.70 bits per heavy atom. The van der Waals surface area contributed by atoms with Crippen molar-refractivity contribution in [3.05, 3.63) is 205 Å². The van der Waals surface area contributed by atoms with E-state index in [9.17, 15) is 0 Å². The van der Waals surface area contributed by atoms with Crippen molar-refractivity contribution in [2.45, 2.75) is 6.17 Å². The fraction of sp³-hybridized carbons (Fsp3) is 0.0204. The van der Waals surface area contributed by atoms with Crippen molar-refractivity contribution in [1.29, 1.82) is 0 Å². The molecular weight excluding hydrogens is 647 g/mol. The molecule has 0 bridgehead atoms. The van der Waals surface area contributed by atoms with Crippen molar-refractivity contribution in [1.82, 2.24) is 5.32 Å². The van der Waals surface area contributed by atoms with Crippen LogP contribution in [0.2, 0.25) is 0 Å². The first-order chi connectivity index (χ1) is 26.2. The van der Waals surface area contributed by atoms with Crippen LogP contribution in [0.15, 0.2) is 202 Å². The molecule has 1 unspecified atom stereocenters. The van der Waals surface area contributed by atoms with Gasteiger partial charge in [-0.25, -0.2) is 9.98 Å². The van der Waals surface area contributed by atoms with Gasteiger partial charge in [0.2, 0.25) is 0 Å². The number of nitrogens with zero attached hydrogens (tertiary/aromatic N) is 2. The smallest absolute Gasteiger partial charge is 0.169 e. The van der Waals surface area contributed by atoms with Crippen molar-refractivity contribution < 1.29 is 4.42 Å². The third kappa shape index (κ3) is 5.67. The molecule has 8 aromatic carbocycles. The summed E-state index contributed by atoms with van der Waals surface area (Å²) in [6.45, 7) is 0. The topological polar surface area (TPSA) is 49.9 Å². The fourth-order valence-electron chi connectivity index (χ4n) is 7.42. The standard InChI is InChI=1S/C49H33N3O/c1-3-11-32(12-4-1)34-19-21-35(22-20-34)36-23-26-38(27-24-36)47-50-48(40-28-25-33-13-7-8-16-39(33)31-40)52-49(51-47)43-30-29-41(37-14-5-2-6-15-37)46-45(43)42-17-9-10-18-44(42)53-46/h1-31,47H,(H,50,51,52). The van der Waals surface area contributed by atoms with E-state index in [0.717, 1.165) is 72.4 Å². The van der Waals surface area contributed by atoms with Gasteiger partial charge in [0.25, 0.3) is 0 Å². The fourth-order valence-corrected chi connectivity index (χ4v) is 7.42. The van der Waals surface area contributed by atoms with Crippen molar-refractivity contribution >= 4 is 44.4 Å². The largest absolute Gasteiger partial charge is 0.455 e. The number of fused-ring (bicyclic) bond motifs is 4. The van der Waals surface area contributed by atoms with E-state index in [-0.39, 0.29) is 0 Å². The van der Waals surface area contributed by atoms with Crippen LogP contribution in [0.5, 0.6) is 0 Å². The number of hydrogen-bond acceptors (Lipinski definition) is 4. The Morgan fingerprint density at radius 2 is 0.962 bits per heavy atom. The zero-order valence-electron chi connectivity index (χ0n) is 28.8. The summed E-state index contributed by atoms with van der Waals surface area (Å²) < 4.78 is 6.62. The maximum Gasteiger partial charge on any atom is 0.169 e. The normalized spacial score (nSPS) is 14.2. The number of rotatable bonds is 6. The Morgan fingerprint density at radius 1 is 0.415 bits per heavy atom. The molecule has 1 N–H and O–H groups in total. The van der Waals surface area contributed by atoms with Gasteiger partial charge in [-0.2, -0.15) is 0 Å². The van der Waals surface area contributed by atoms with Crippen LogP contribution in [-0.2, 0) is 0 Å². The zero-order valence-corrected chi connectivity index (χ0v) is 28.8. The molecule has 1 atom stereocenters. The molecule has 0 amide bonds. The first-order valence-electron chi connectivity index (χ1n) is 17.9. The van der Waals surface area contributed by atoms with E-state index < -0.39 is 6.17 Å². The Hall–Kier alpha value is -7.04. The second-order valence-electron chi connectivity index (χ2n) is 13.4. The minimum Gasteiger partial charge on any atom is -0.455 e. The van der Waals surface area contributed by atoms with Crippen LogP contribution in [0.25, 0.3) is 66.1 Å². The molecule has 53 heavy (non-hydrogen) atoms. The number of aliphatic imine (C=N–C) groups is 2. The van der Waals surface area contributed by atoms with E-state index in [2.05, 4.69) is 169 Å². The van der Waals surface area contributed by atoms with Crippen LogP contribution < -0.4 is 5.32 Å². The van der Waals surface area contributed by atoms with Crippen molar-refractivity contribution in [2.75, 3.05) is 0 Å². The lowest BCUT2D eigenvalue weighted by atomic mass is 9.97. The van der Waals surface area contributed by atoms with E-state index in [0.29, 0.717) is 0 Å². The van der Waals surface area contributed by atoms with Gasteiger partial charge in [-0.1, -0.05) is 164 Å². The second kappa shape index (κ2) is 12.9. The summed E-state index contributed by atoms with van der Waals surface area (Å²) in [5.41, 5.74) is 11.6. The van der Waals surface area contributed by atoms with Gasteiger partial charge in [-0.3, -0.25) is 0 Å². The monoisotopic (exact) mass is 679 g/mol. The zero-order chi connectivity index (χ0) is 35.1. The molecule has 1 aromatic heterocycles. The summed E-state index contributed by atoms with van der Waals surface area (Å²) in [4.78, 5) is 10.6. The van der Waals surface area contributed by atoms with Crippen LogP contribution in [0, 0.1) is 0 Å². The van der Waals surface area contributed by atoms with E-state index in [1.165, 1.54) is 22.1 Å². The predicted molar refractivity (Wildman–Crippen MR) is 219 cm³/mol. The summed E-state index contributed by atoms with van der Waals surface area (Å²) in [6, 6.07) is 65.8. The van der Waals surface area contributed by atoms with E-state index in [1.54, 1.807) is 0 Å². The molecule has 4 nitrogen and oxygen atoms in total. The lowest BCUT2D eigenvalue weighted by Gasteiger charge is -2.23. The number of furan rings is 1. The Kier molecular flexibility index (Phi) is 7.51. The Bertz CT molecular complexity index is 2830. The van der Waals surface area contributed by atoms with Crippen LogP contribution >= 0.6 is 0 Å².